The fourth-order valence-electron chi connectivity index (χ4n) is 1.99. The molecular weight excluding hydrogens is 254 g/mol. The van der Waals surface area contributed by atoms with Gasteiger partial charge in [0.25, 0.3) is 0 Å². The van der Waals surface area contributed by atoms with Gasteiger partial charge in [-0.1, -0.05) is 19.1 Å². The van der Waals surface area contributed by atoms with Crippen LogP contribution in [0.2, 0.25) is 0 Å². The lowest BCUT2D eigenvalue weighted by atomic mass is 9.95. The summed E-state index contributed by atoms with van der Waals surface area (Å²) in [5.74, 6) is 0.860. The molecule has 0 amide bonds. The van der Waals surface area contributed by atoms with Gasteiger partial charge in [0, 0.05) is 13.7 Å². The van der Waals surface area contributed by atoms with Crippen molar-refractivity contribution in [2.75, 3.05) is 26.9 Å². The molecule has 0 aliphatic carbocycles. The quantitative estimate of drug-likeness (QED) is 0.645. The minimum absolute atomic E-state index is 0.303. The molecule has 0 aliphatic rings. The van der Waals surface area contributed by atoms with Gasteiger partial charge in [0.15, 0.2) is 0 Å². The molecular formula is C16H27NO3. The van der Waals surface area contributed by atoms with Crippen molar-refractivity contribution >= 4 is 0 Å². The van der Waals surface area contributed by atoms with E-state index in [1.54, 1.807) is 7.11 Å². The fraction of sp³-hybridized carbons (Fsp3) is 0.625. The van der Waals surface area contributed by atoms with Gasteiger partial charge >= 0.3 is 0 Å². The Labute approximate surface area is 121 Å². The lowest BCUT2D eigenvalue weighted by Gasteiger charge is -2.24. The molecule has 1 aromatic carbocycles. The molecule has 0 spiro atoms. The number of methoxy groups -OCH3 is 1. The van der Waals surface area contributed by atoms with Gasteiger partial charge in [0.2, 0.25) is 0 Å². The van der Waals surface area contributed by atoms with Crippen molar-refractivity contribution in [3.05, 3.63) is 29.8 Å². The Morgan fingerprint density at radius 2 is 1.90 bits per heavy atom. The Morgan fingerprint density at radius 3 is 2.45 bits per heavy atom. The molecule has 0 heterocycles. The van der Waals surface area contributed by atoms with Crippen LogP contribution < -0.4 is 10.5 Å². The van der Waals surface area contributed by atoms with Gasteiger partial charge in [-0.3, -0.25) is 0 Å². The zero-order valence-electron chi connectivity index (χ0n) is 12.6. The number of nitrogens with two attached hydrogens (primary N) is 1. The molecule has 0 bridgehead atoms. The van der Waals surface area contributed by atoms with E-state index in [9.17, 15) is 5.11 Å². The number of hydrogen-bond acceptors (Lipinski definition) is 4. The first-order chi connectivity index (χ1) is 9.63. The average Bonchev–Trinajstić information content (AvgIpc) is 2.50. The lowest BCUT2D eigenvalue weighted by molar-refractivity contribution is 0.0309. The molecule has 3 N–H and O–H groups in total. The lowest BCUT2D eigenvalue weighted by Crippen LogP contribution is -2.37. The predicted molar refractivity (Wildman–Crippen MR) is 81.0 cm³/mol. The summed E-state index contributed by atoms with van der Waals surface area (Å²) in [6.45, 7) is 3.58. The van der Waals surface area contributed by atoms with E-state index in [0.29, 0.717) is 26.0 Å². The number of benzene rings is 1. The maximum atomic E-state index is 10.1. The van der Waals surface area contributed by atoms with E-state index in [4.69, 9.17) is 15.2 Å². The van der Waals surface area contributed by atoms with Crippen molar-refractivity contribution in [3.63, 3.8) is 0 Å². The molecule has 1 rings (SSSR count). The first-order valence-electron chi connectivity index (χ1n) is 7.26. The number of ether oxygens (including phenoxy) is 2. The van der Waals surface area contributed by atoms with Gasteiger partial charge in [-0.15, -0.1) is 0 Å². The molecule has 0 aliphatic heterocycles. The topological polar surface area (TPSA) is 64.7 Å². The molecule has 0 saturated heterocycles. The second-order valence-electron chi connectivity index (χ2n) is 5.12. The van der Waals surface area contributed by atoms with Crippen LogP contribution >= 0.6 is 0 Å². The molecule has 0 fully saturated rings. The van der Waals surface area contributed by atoms with Crippen LogP contribution in [0.25, 0.3) is 0 Å². The van der Waals surface area contributed by atoms with Crippen molar-refractivity contribution in [1.29, 1.82) is 0 Å². The Morgan fingerprint density at radius 1 is 1.20 bits per heavy atom. The van der Waals surface area contributed by atoms with E-state index < -0.39 is 5.60 Å². The highest BCUT2D eigenvalue weighted by atomic mass is 16.5. The molecule has 0 aromatic heterocycles. The third kappa shape index (κ3) is 5.90. The largest absolute Gasteiger partial charge is 0.494 e. The second kappa shape index (κ2) is 8.95. The summed E-state index contributed by atoms with van der Waals surface area (Å²) in [5, 5.41) is 10.1. The molecule has 20 heavy (non-hydrogen) atoms. The molecule has 0 radical (unpaired) electrons. The van der Waals surface area contributed by atoms with Gasteiger partial charge in [-0.05, 0) is 43.4 Å². The summed E-state index contributed by atoms with van der Waals surface area (Å²) >= 11 is 0. The van der Waals surface area contributed by atoms with E-state index in [-0.39, 0.29) is 0 Å². The van der Waals surface area contributed by atoms with Gasteiger partial charge in [-0.25, -0.2) is 0 Å². The first-order valence-corrected chi connectivity index (χ1v) is 7.26. The van der Waals surface area contributed by atoms with E-state index in [0.717, 1.165) is 25.2 Å². The zero-order valence-corrected chi connectivity index (χ0v) is 12.6. The maximum absolute atomic E-state index is 10.1. The number of rotatable bonds is 10. The molecule has 1 unspecified atom stereocenters. The first kappa shape index (κ1) is 17.0. The normalized spacial score (nSPS) is 14.0. The van der Waals surface area contributed by atoms with Crippen molar-refractivity contribution in [2.24, 2.45) is 5.73 Å². The maximum Gasteiger partial charge on any atom is 0.119 e. The molecule has 4 nitrogen and oxygen atoms in total. The van der Waals surface area contributed by atoms with Crippen LogP contribution in [0.15, 0.2) is 24.3 Å². The fourth-order valence-corrected chi connectivity index (χ4v) is 1.99. The zero-order chi connectivity index (χ0) is 14.8. The van der Waals surface area contributed by atoms with E-state index in [1.807, 2.05) is 19.1 Å². The smallest absolute Gasteiger partial charge is 0.119 e. The summed E-state index contributed by atoms with van der Waals surface area (Å²) in [4.78, 5) is 0. The van der Waals surface area contributed by atoms with Crippen LogP contribution in [0.3, 0.4) is 0 Å². The highest BCUT2D eigenvalue weighted by molar-refractivity contribution is 5.27. The monoisotopic (exact) mass is 281 g/mol. The minimum atomic E-state index is -0.743. The van der Waals surface area contributed by atoms with Crippen LogP contribution in [0.1, 0.15) is 31.7 Å². The standard InChI is InChI=1S/C16H27NO3/c1-3-16(18,13-17)10-4-11-20-15-7-5-14(6-8-15)9-12-19-2/h5-8,18H,3-4,9-13,17H2,1-2H3. The van der Waals surface area contributed by atoms with E-state index >= 15 is 0 Å². The van der Waals surface area contributed by atoms with Gasteiger partial charge in [0.1, 0.15) is 5.75 Å². The molecule has 1 atom stereocenters. The number of hydrogen-bond donors (Lipinski definition) is 2. The van der Waals surface area contributed by atoms with Gasteiger partial charge in [-0.2, -0.15) is 0 Å². The SMILES string of the molecule is CCC(O)(CN)CCCOc1ccc(CCOC)cc1. The van der Waals surface area contributed by atoms with Crippen molar-refractivity contribution < 1.29 is 14.6 Å². The minimum Gasteiger partial charge on any atom is -0.494 e. The summed E-state index contributed by atoms with van der Waals surface area (Å²) in [6.07, 6.45) is 3.06. The molecule has 0 saturated carbocycles. The van der Waals surface area contributed by atoms with Gasteiger partial charge < -0.3 is 20.3 Å². The molecule has 4 heteroatoms. The Hall–Kier alpha value is -1.10. The van der Waals surface area contributed by atoms with E-state index in [1.165, 1.54) is 5.56 Å². The summed E-state index contributed by atoms with van der Waals surface area (Å²) < 4.78 is 10.7. The highest BCUT2D eigenvalue weighted by Crippen LogP contribution is 2.17. The summed E-state index contributed by atoms with van der Waals surface area (Å²) in [6, 6.07) is 8.05. The third-order valence-electron chi connectivity index (χ3n) is 3.61. The third-order valence-corrected chi connectivity index (χ3v) is 3.61. The Kier molecular flexibility index (Phi) is 7.59. The predicted octanol–water partition coefficient (Wildman–Crippen LogP) is 2.13. The van der Waals surface area contributed by atoms with Crippen LogP contribution in [-0.4, -0.2) is 37.6 Å². The molecule has 1 aromatic rings. The van der Waals surface area contributed by atoms with Crippen LogP contribution in [-0.2, 0) is 11.2 Å². The summed E-state index contributed by atoms with van der Waals surface area (Å²) in [7, 11) is 1.70. The van der Waals surface area contributed by atoms with Crippen LogP contribution in [0.4, 0.5) is 0 Å². The van der Waals surface area contributed by atoms with E-state index in [2.05, 4.69) is 12.1 Å². The summed E-state index contributed by atoms with van der Waals surface area (Å²) in [5.41, 5.74) is 6.06. The Bertz CT molecular complexity index is 360. The number of aliphatic hydroxyl groups is 1. The van der Waals surface area contributed by atoms with Crippen molar-refractivity contribution in [3.8, 4) is 5.75 Å². The Balaban J connectivity index is 2.28. The average molecular weight is 281 g/mol. The molecule has 114 valence electrons. The van der Waals surface area contributed by atoms with Gasteiger partial charge in [0.05, 0.1) is 18.8 Å². The highest BCUT2D eigenvalue weighted by Gasteiger charge is 2.21. The van der Waals surface area contributed by atoms with Crippen LogP contribution in [0.5, 0.6) is 5.75 Å². The van der Waals surface area contributed by atoms with Crippen LogP contribution in [0, 0.1) is 0 Å². The van der Waals surface area contributed by atoms with Crippen molar-refractivity contribution in [2.45, 2.75) is 38.2 Å². The van der Waals surface area contributed by atoms with Crippen molar-refractivity contribution in [1.82, 2.24) is 0 Å². The second-order valence-corrected chi connectivity index (χ2v) is 5.12.